The van der Waals surface area contributed by atoms with Crippen molar-refractivity contribution in [3.05, 3.63) is 252 Å². The van der Waals surface area contributed by atoms with Crippen LogP contribution in [0.15, 0.2) is 228 Å². The Hall–Kier alpha value is -7.99. The smallest absolute Gasteiger partial charge is 0.129 e. The van der Waals surface area contributed by atoms with E-state index >= 15 is 0 Å². The molecule has 9 aromatic carbocycles. The number of rotatable bonds is 7. The second kappa shape index (κ2) is 15.8. The molecule has 0 bridgehead atoms. The number of pyridine rings is 1. The van der Waals surface area contributed by atoms with Gasteiger partial charge in [-0.25, -0.2) is 4.39 Å². The highest BCUT2D eigenvalue weighted by molar-refractivity contribution is 7.99. The van der Waals surface area contributed by atoms with E-state index in [0.29, 0.717) is 11.8 Å². The molecule has 3 aliphatic rings. The Morgan fingerprint density at radius 3 is 2.03 bits per heavy atom. The first-order valence-electron chi connectivity index (χ1n) is 24.5. The van der Waals surface area contributed by atoms with Crippen molar-refractivity contribution in [2.45, 2.75) is 53.2 Å². The summed E-state index contributed by atoms with van der Waals surface area (Å²) < 4.78 is 23.9. The summed E-state index contributed by atoms with van der Waals surface area (Å²) in [5.41, 5.74) is 18.5. The Morgan fingerprint density at radius 1 is 0.479 bits per heavy atom. The summed E-state index contributed by atoms with van der Waals surface area (Å²) in [6.07, 6.45) is 3.75. The van der Waals surface area contributed by atoms with Crippen molar-refractivity contribution in [1.82, 2.24) is 9.55 Å². The SMILES string of the molecule is CC1(C)c2cc(F)ccc2-c2cc3c4cc(-c5ccc6c(c5)Sc5ccccc5C5(C)C(c7cccc(-c8ccncc8)c7)C65)ccc4n(-c4cccc(Oc5ccc(-c6ccccc6)cc5)c4)c3cc21. The lowest BCUT2D eigenvalue weighted by molar-refractivity contribution is 0.482. The van der Waals surface area contributed by atoms with Gasteiger partial charge in [0.25, 0.3) is 0 Å². The lowest BCUT2D eigenvalue weighted by Gasteiger charge is -2.22. The van der Waals surface area contributed by atoms with E-state index in [4.69, 9.17) is 4.74 Å². The largest absolute Gasteiger partial charge is 0.457 e. The number of aromatic nitrogens is 2. The molecule has 3 nitrogen and oxygen atoms in total. The first kappa shape index (κ1) is 41.9. The normalized spacial score (nSPS) is 18.0. The Bertz CT molecular complexity index is 3950. The third-order valence-electron chi connectivity index (χ3n) is 15.9. The first-order valence-corrected chi connectivity index (χ1v) is 25.3. The molecule has 14 rings (SSSR count). The molecular weight excluding hydrogens is 888 g/mol. The van der Waals surface area contributed by atoms with Gasteiger partial charge in [0, 0.05) is 67.4 Å². The van der Waals surface area contributed by atoms with Crippen molar-refractivity contribution in [3.8, 4) is 61.7 Å². The molecule has 5 heteroatoms. The van der Waals surface area contributed by atoms with E-state index in [0.717, 1.165) is 66.8 Å². The minimum atomic E-state index is -0.387. The molecule has 71 heavy (non-hydrogen) atoms. The minimum Gasteiger partial charge on any atom is -0.457 e. The van der Waals surface area contributed by atoms with Crippen molar-refractivity contribution in [2.75, 3.05) is 0 Å². The van der Waals surface area contributed by atoms with E-state index in [-0.39, 0.29) is 16.6 Å². The molecule has 0 N–H and O–H groups in total. The van der Waals surface area contributed by atoms with Gasteiger partial charge < -0.3 is 9.30 Å². The molecule has 1 saturated carbocycles. The fourth-order valence-electron chi connectivity index (χ4n) is 12.4. The van der Waals surface area contributed by atoms with Crippen LogP contribution in [0.25, 0.3) is 72.0 Å². The Kier molecular flexibility index (Phi) is 9.31. The van der Waals surface area contributed by atoms with Gasteiger partial charge in [0.15, 0.2) is 0 Å². The van der Waals surface area contributed by atoms with Crippen LogP contribution in [0.1, 0.15) is 60.4 Å². The van der Waals surface area contributed by atoms with E-state index in [2.05, 4.69) is 194 Å². The van der Waals surface area contributed by atoms with Crippen LogP contribution in [0.3, 0.4) is 0 Å². The lowest BCUT2D eigenvalue weighted by Crippen LogP contribution is -2.15. The molecule has 2 aliphatic carbocycles. The number of nitrogens with zero attached hydrogens (tertiary/aromatic N) is 2. The average molecular weight is 935 g/mol. The zero-order chi connectivity index (χ0) is 47.6. The van der Waals surface area contributed by atoms with Crippen LogP contribution >= 0.6 is 11.8 Å². The van der Waals surface area contributed by atoms with Crippen LogP contribution in [0, 0.1) is 5.82 Å². The Balaban J connectivity index is 0.887. The Labute approximate surface area is 417 Å². The highest BCUT2D eigenvalue weighted by Crippen LogP contribution is 2.74. The molecule has 3 atom stereocenters. The van der Waals surface area contributed by atoms with Crippen LogP contribution in [-0.2, 0) is 10.8 Å². The summed E-state index contributed by atoms with van der Waals surface area (Å²) in [6, 6.07) is 73.6. The topological polar surface area (TPSA) is 27.1 Å². The van der Waals surface area contributed by atoms with Crippen molar-refractivity contribution < 1.29 is 9.13 Å². The van der Waals surface area contributed by atoms with E-state index in [1.165, 1.54) is 54.3 Å². The molecule has 1 aliphatic heterocycles. The number of hydrogen-bond acceptors (Lipinski definition) is 3. The maximum Gasteiger partial charge on any atom is 0.129 e. The summed E-state index contributed by atoms with van der Waals surface area (Å²) in [5, 5.41) is 2.31. The van der Waals surface area contributed by atoms with E-state index in [1.807, 2.05) is 54.5 Å². The summed E-state index contributed by atoms with van der Waals surface area (Å²) in [6.45, 7) is 6.91. The molecule has 3 heterocycles. The summed E-state index contributed by atoms with van der Waals surface area (Å²) in [4.78, 5) is 6.92. The van der Waals surface area contributed by atoms with Crippen LogP contribution in [0.4, 0.5) is 4.39 Å². The molecule has 2 aromatic heterocycles. The van der Waals surface area contributed by atoms with Gasteiger partial charge in [-0.15, -0.1) is 0 Å². The van der Waals surface area contributed by atoms with Gasteiger partial charge in [-0.3, -0.25) is 4.98 Å². The fraction of sp³-hybridized carbons (Fsp3) is 0.106. The van der Waals surface area contributed by atoms with Crippen LogP contribution in [0.2, 0.25) is 0 Å². The number of hydrogen-bond donors (Lipinski definition) is 0. The van der Waals surface area contributed by atoms with E-state index in [9.17, 15) is 4.39 Å². The molecule has 0 spiro atoms. The standard InChI is InChI=1S/C66H47FN2OS/c1-65(2)57-36-47(67)23-27-51(57)53-38-55-54-34-44(22-28-59(54)69(60(55)39-58(53)65)48-15-10-16-50(37-48)70-49-24-19-41(20-25-49)40-11-5-4-6-12-40)45-21-26-52-62(35-45)71-61-18-8-7-17-56(61)66(3)63(64(52)66)46-14-9-13-43(33-46)42-29-31-68-32-30-42/h4-39,63-64H,1-3H3. The van der Waals surface area contributed by atoms with Gasteiger partial charge in [0.1, 0.15) is 17.3 Å². The number of fused-ring (bicyclic) bond motifs is 11. The predicted octanol–water partition coefficient (Wildman–Crippen LogP) is 17.7. The Morgan fingerprint density at radius 2 is 1.17 bits per heavy atom. The minimum absolute atomic E-state index is 0.0392. The van der Waals surface area contributed by atoms with Gasteiger partial charge in [0.05, 0.1) is 11.0 Å². The third kappa shape index (κ3) is 6.60. The summed E-state index contributed by atoms with van der Waals surface area (Å²) in [5.74, 6) is 2.01. The maximum atomic E-state index is 14.9. The summed E-state index contributed by atoms with van der Waals surface area (Å²) in [7, 11) is 0. The second-order valence-electron chi connectivity index (χ2n) is 20.2. The van der Waals surface area contributed by atoms with Crippen molar-refractivity contribution >= 4 is 33.6 Å². The lowest BCUT2D eigenvalue weighted by atomic mass is 9.82. The van der Waals surface area contributed by atoms with Crippen molar-refractivity contribution in [2.24, 2.45) is 0 Å². The second-order valence-corrected chi connectivity index (χ2v) is 21.3. The third-order valence-corrected chi connectivity index (χ3v) is 17.1. The van der Waals surface area contributed by atoms with E-state index < -0.39 is 0 Å². The maximum absolute atomic E-state index is 14.9. The molecule has 0 saturated heterocycles. The molecule has 340 valence electrons. The van der Waals surface area contributed by atoms with Crippen molar-refractivity contribution in [1.29, 1.82) is 0 Å². The van der Waals surface area contributed by atoms with Crippen molar-refractivity contribution in [3.63, 3.8) is 0 Å². The van der Waals surface area contributed by atoms with Gasteiger partial charge in [-0.05, 0) is 157 Å². The molecule has 1 fully saturated rings. The molecular formula is C66H47FN2OS. The highest BCUT2D eigenvalue weighted by Gasteiger charge is 2.65. The monoisotopic (exact) mass is 934 g/mol. The van der Waals surface area contributed by atoms with Gasteiger partial charge >= 0.3 is 0 Å². The van der Waals surface area contributed by atoms with Gasteiger partial charge in [0.2, 0.25) is 0 Å². The number of benzene rings is 9. The van der Waals surface area contributed by atoms with Crippen LogP contribution in [-0.4, -0.2) is 9.55 Å². The van der Waals surface area contributed by atoms with Gasteiger partial charge in [-0.1, -0.05) is 148 Å². The molecule has 11 aromatic rings. The molecule has 0 amide bonds. The van der Waals surface area contributed by atoms with Crippen LogP contribution in [0.5, 0.6) is 11.5 Å². The number of ether oxygens (including phenoxy) is 1. The average Bonchev–Trinajstić information content (AvgIpc) is 3.86. The predicted molar refractivity (Wildman–Crippen MR) is 289 cm³/mol. The molecule has 3 unspecified atom stereocenters. The van der Waals surface area contributed by atoms with Crippen LogP contribution < -0.4 is 4.74 Å². The quantitative estimate of drug-likeness (QED) is 0.159. The zero-order valence-corrected chi connectivity index (χ0v) is 40.3. The fourth-order valence-corrected chi connectivity index (χ4v) is 13.6. The highest BCUT2D eigenvalue weighted by atomic mass is 32.2. The molecule has 0 radical (unpaired) electrons. The van der Waals surface area contributed by atoms with Gasteiger partial charge in [-0.2, -0.15) is 0 Å². The zero-order valence-electron chi connectivity index (χ0n) is 39.5. The summed E-state index contributed by atoms with van der Waals surface area (Å²) >= 11 is 1.91. The number of halogens is 1. The van der Waals surface area contributed by atoms with E-state index in [1.54, 1.807) is 12.1 Å². The first-order chi connectivity index (χ1) is 34.7.